The summed E-state index contributed by atoms with van der Waals surface area (Å²) in [5.74, 6) is 1.08. The van der Waals surface area contributed by atoms with Crippen LogP contribution in [0.15, 0.2) is 44.8 Å². The molecule has 0 amide bonds. The van der Waals surface area contributed by atoms with Crippen LogP contribution < -0.4 is 25.6 Å². The Hall–Kier alpha value is -2.67. The molecule has 230 valence electrons. The highest BCUT2D eigenvalue weighted by atomic mass is 32.2. The number of aromatic nitrogens is 2. The molecule has 1 aliphatic rings. The summed E-state index contributed by atoms with van der Waals surface area (Å²) >= 11 is 0. The van der Waals surface area contributed by atoms with Gasteiger partial charge in [-0.25, -0.2) is 17.9 Å². The summed E-state index contributed by atoms with van der Waals surface area (Å²) < 4.78 is 36.8. The molecule has 1 aromatic carbocycles. The summed E-state index contributed by atoms with van der Waals surface area (Å²) in [6.07, 6.45) is -0.830. The predicted molar refractivity (Wildman–Crippen MR) is 162 cm³/mol. The fourth-order valence-electron chi connectivity index (χ4n) is 4.91. The zero-order valence-electron chi connectivity index (χ0n) is 25.8. The van der Waals surface area contributed by atoms with Crippen molar-refractivity contribution < 1.29 is 18.3 Å². The molecule has 1 fully saturated rings. The lowest BCUT2D eigenvalue weighted by molar-refractivity contribution is -0.0450. The Morgan fingerprint density at radius 2 is 1.44 bits per heavy atom. The Morgan fingerprint density at radius 3 is 1.93 bits per heavy atom. The molecule has 0 spiro atoms. The van der Waals surface area contributed by atoms with Crippen LogP contribution in [0.25, 0.3) is 0 Å². The molecule has 2 N–H and O–H groups in total. The van der Waals surface area contributed by atoms with Crippen molar-refractivity contribution in [2.24, 2.45) is 0 Å². The molecule has 1 unspecified atom stereocenters. The Kier molecular flexibility index (Phi) is 9.84. The van der Waals surface area contributed by atoms with E-state index in [-0.39, 0.29) is 28.2 Å². The van der Waals surface area contributed by atoms with E-state index in [2.05, 4.69) is 14.5 Å². The standard InChI is InChI=1S/C29H47N5O6S/c1-20(2)33-25(18-26(36)34(21(3)4)27(33)37)32-16-14-31(15-17-32)19-24(35)29(8,9)40-22-10-12-23(13-11-22)41(38,39)30-28(5,6)7/h10-13,18,20-21,24,30,35H,14-17,19H2,1-9H3. The third-order valence-corrected chi connectivity index (χ3v) is 8.84. The SMILES string of the molecule is CC(C)n1c(N2CCN(CC(O)C(C)(C)Oc3ccc(S(=O)(=O)NC(C)(C)C)cc3)CC2)cc(=O)n(C(C)C)c1=O. The average molecular weight is 594 g/mol. The highest BCUT2D eigenvalue weighted by molar-refractivity contribution is 7.89. The maximum Gasteiger partial charge on any atom is 0.333 e. The molecular weight excluding hydrogens is 546 g/mol. The van der Waals surface area contributed by atoms with Crippen molar-refractivity contribution in [3.63, 3.8) is 0 Å². The highest BCUT2D eigenvalue weighted by Crippen LogP contribution is 2.25. The van der Waals surface area contributed by atoms with E-state index < -0.39 is 27.3 Å². The molecule has 1 saturated heterocycles. The Balaban J connectivity index is 1.64. The molecule has 41 heavy (non-hydrogen) atoms. The molecule has 3 rings (SSSR count). The van der Waals surface area contributed by atoms with E-state index in [0.29, 0.717) is 44.3 Å². The number of sulfonamides is 1. The number of β-amino-alcohol motifs (C(OH)–C–C–N with tert-alkyl or cyclic N) is 1. The molecule has 0 saturated carbocycles. The van der Waals surface area contributed by atoms with E-state index in [1.165, 1.54) is 16.7 Å². The largest absolute Gasteiger partial charge is 0.485 e. The van der Waals surface area contributed by atoms with Gasteiger partial charge in [0.1, 0.15) is 23.3 Å². The van der Waals surface area contributed by atoms with Gasteiger partial charge >= 0.3 is 5.69 Å². The quantitative estimate of drug-likeness (QED) is 0.431. The van der Waals surface area contributed by atoms with Crippen molar-refractivity contribution in [1.29, 1.82) is 0 Å². The minimum atomic E-state index is -3.66. The predicted octanol–water partition coefficient (Wildman–Crippen LogP) is 2.59. The van der Waals surface area contributed by atoms with Gasteiger partial charge in [0.25, 0.3) is 5.56 Å². The number of benzene rings is 1. The Bertz CT molecular complexity index is 1410. The number of rotatable bonds is 10. The van der Waals surface area contributed by atoms with Crippen LogP contribution in [0.1, 0.15) is 74.4 Å². The fraction of sp³-hybridized carbons (Fsp3) is 0.655. The molecule has 1 atom stereocenters. The lowest BCUT2D eigenvalue weighted by Gasteiger charge is -2.40. The van der Waals surface area contributed by atoms with Gasteiger partial charge in [-0.2, -0.15) is 0 Å². The fourth-order valence-corrected chi connectivity index (χ4v) is 6.33. The Morgan fingerprint density at radius 1 is 0.902 bits per heavy atom. The Labute approximate surface area is 243 Å². The van der Waals surface area contributed by atoms with E-state index in [4.69, 9.17) is 4.74 Å². The van der Waals surface area contributed by atoms with Gasteiger partial charge in [0.15, 0.2) is 0 Å². The normalized spacial score (nSPS) is 16.4. The molecule has 2 aromatic rings. The van der Waals surface area contributed by atoms with E-state index in [0.717, 1.165) is 0 Å². The first-order valence-electron chi connectivity index (χ1n) is 14.2. The van der Waals surface area contributed by atoms with Gasteiger partial charge in [0, 0.05) is 56.4 Å². The summed E-state index contributed by atoms with van der Waals surface area (Å²) in [4.78, 5) is 30.2. The molecular formula is C29H47N5O6S. The molecule has 0 bridgehead atoms. The number of piperazine rings is 1. The molecule has 1 aliphatic heterocycles. The monoisotopic (exact) mass is 593 g/mol. The molecule has 0 aliphatic carbocycles. The van der Waals surface area contributed by atoms with Crippen molar-refractivity contribution in [3.05, 3.63) is 51.2 Å². The smallest absolute Gasteiger partial charge is 0.333 e. The van der Waals surface area contributed by atoms with Crippen LogP contribution in [-0.2, 0) is 10.0 Å². The van der Waals surface area contributed by atoms with E-state index in [1.54, 1.807) is 57.4 Å². The maximum absolute atomic E-state index is 13.1. The average Bonchev–Trinajstić information content (AvgIpc) is 2.82. The van der Waals surface area contributed by atoms with Gasteiger partial charge in [0.05, 0.1) is 4.90 Å². The first-order valence-corrected chi connectivity index (χ1v) is 15.7. The molecule has 1 aromatic heterocycles. The van der Waals surface area contributed by atoms with Crippen LogP contribution in [0.5, 0.6) is 5.75 Å². The molecule has 2 heterocycles. The summed E-state index contributed by atoms with van der Waals surface area (Å²) in [5.41, 5.74) is -2.15. The third-order valence-electron chi connectivity index (χ3n) is 7.07. The first-order chi connectivity index (χ1) is 18.8. The number of nitrogens with one attached hydrogen (secondary N) is 1. The van der Waals surface area contributed by atoms with Crippen molar-refractivity contribution in [3.8, 4) is 5.75 Å². The zero-order chi connectivity index (χ0) is 30.9. The third kappa shape index (κ3) is 8.00. The number of anilines is 1. The van der Waals surface area contributed by atoms with E-state index in [1.807, 2.05) is 27.7 Å². The van der Waals surface area contributed by atoms with Crippen LogP contribution in [-0.4, -0.2) is 77.5 Å². The number of hydrogen-bond acceptors (Lipinski definition) is 8. The van der Waals surface area contributed by atoms with Crippen LogP contribution in [0, 0.1) is 0 Å². The van der Waals surface area contributed by atoms with Gasteiger partial charge in [0.2, 0.25) is 10.0 Å². The van der Waals surface area contributed by atoms with Crippen LogP contribution in [0.3, 0.4) is 0 Å². The van der Waals surface area contributed by atoms with Gasteiger partial charge in [-0.3, -0.25) is 18.8 Å². The van der Waals surface area contributed by atoms with Crippen LogP contribution >= 0.6 is 0 Å². The van der Waals surface area contributed by atoms with Crippen molar-refractivity contribution in [2.45, 2.75) is 96.5 Å². The number of aliphatic hydroxyl groups excluding tert-OH is 1. The highest BCUT2D eigenvalue weighted by Gasteiger charge is 2.33. The van der Waals surface area contributed by atoms with Crippen LogP contribution in [0.2, 0.25) is 0 Å². The zero-order valence-corrected chi connectivity index (χ0v) is 26.7. The second-order valence-corrected chi connectivity index (χ2v) is 14.6. The molecule has 11 nitrogen and oxygen atoms in total. The molecule has 12 heteroatoms. The first kappa shape index (κ1) is 32.8. The number of aliphatic hydroxyl groups is 1. The lowest BCUT2D eigenvalue weighted by Crippen LogP contribution is -2.54. The summed E-state index contributed by atoms with van der Waals surface area (Å²) in [6, 6.07) is 7.37. The molecule has 0 radical (unpaired) electrons. The second kappa shape index (κ2) is 12.3. The van der Waals surface area contributed by atoms with Crippen molar-refractivity contribution in [1.82, 2.24) is 18.8 Å². The van der Waals surface area contributed by atoms with Crippen molar-refractivity contribution >= 4 is 15.8 Å². The summed E-state index contributed by atoms with van der Waals surface area (Å²) in [7, 11) is -3.66. The van der Waals surface area contributed by atoms with Crippen molar-refractivity contribution in [2.75, 3.05) is 37.6 Å². The number of ether oxygens (including phenoxy) is 1. The number of hydrogen-bond donors (Lipinski definition) is 2. The van der Waals surface area contributed by atoms with E-state index in [9.17, 15) is 23.1 Å². The van der Waals surface area contributed by atoms with Gasteiger partial charge in [-0.15, -0.1) is 0 Å². The number of nitrogens with zero attached hydrogens (tertiary/aromatic N) is 4. The minimum Gasteiger partial charge on any atom is -0.485 e. The van der Waals surface area contributed by atoms with E-state index >= 15 is 0 Å². The summed E-state index contributed by atoms with van der Waals surface area (Å²) in [6.45, 7) is 19.3. The second-order valence-electron chi connectivity index (χ2n) is 12.9. The topological polar surface area (TPSA) is 126 Å². The van der Waals surface area contributed by atoms with Gasteiger partial charge in [-0.05, 0) is 86.6 Å². The maximum atomic E-state index is 13.1. The van der Waals surface area contributed by atoms with Gasteiger partial charge < -0.3 is 14.7 Å². The minimum absolute atomic E-state index is 0.107. The van der Waals surface area contributed by atoms with Gasteiger partial charge in [-0.1, -0.05) is 0 Å². The summed E-state index contributed by atoms with van der Waals surface area (Å²) in [5, 5.41) is 11.1. The van der Waals surface area contributed by atoms with Crippen LogP contribution in [0.4, 0.5) is 5.82 Å². The lowest BCUT2D eigenvalue weighted by atomic mass is 10.0.